The lowest BCUT2D eigenvalue weighted by atomic mass is 9.79. The molecule has 1 atom stereocenters. The standard InChI is InChI=1S/C31H34O3/c1-2-19-31(20-18-24-12-6-3-7-13-24)23-28(32)29(30(33)34-31)27(21-25-14-8-4-9-15-25)22-26-16-10-5-11-17-26/h3-17,27,32H,2,18-23H2,1H3. The summed E-state index contributed by atoms with van der Waals surface area (Å²) in [5.74, 6) is -0.303. The van der Waals surface area contributed by atoms with Crippen LogP contribution in [-0.4, -0.2) is 16.7 Å². The maximum absolute atomic E-state index is 13.5. The molecule has 0 bridgehead atoms. The second kappa shape index (κ2) is 11.2. The summed E-state index contributed by atoms with van der Waals surface area (Å²) in [7, 11) is 0. The summed E-state index contributed by atoms with van der Waals surface area (Å²) in [4.78, 5) is 13.5. The van der Waals surface area contributed by atoms with Crippen LogP contribution in [0.1, 0.15) is 49.3 Å². The third-order valence-electron chi connectivity index (χ3n) is 6.81. The molecule has 0 amide bonds. The highest BCUT2D eigenvalue weighted by Gasteiger charge is 2.43. The van der Waals surface area contributed by atoms with Gasteiger partial charge < -0.3 is 9.84 Å². The zero-order chi connectivity index (χ0) is 23.8. The van der Waals surface area contributed by atoms with E-state index < -0.39 is 5.60 Å². The van der Waals surface area contributed by atoms with Gasteiger partial charge in [0.2, 0.25) is 0 Å². The summed E-state index contributed by atoms with van der Waals surface area (Å²) in [6, 6.07) is 30.6. The van der Waals surface area contributed by atoms with Crippen LogP contribution in [0.25, 0.3) is 0 Å². The molecule has 0 spiro atoms. The first-order valence-corrected chi connectivity index (χ1v) is 12.4. The molecule has 34 heavy (non-hydrogen) atoms. The van der Waals surface area contributed by atoms with Gasteiger partial charge in [-0.15, -0.1) is 0 Å². The number of benzene rings is 3. The van der Waals surface area contributed by atoms with Gasteiger partial charge in [-0.05, 0) is 48.8 Å². The predicted octanol–water partition coefficient (Wildman–Crippen LogP) is 7.02. The first kappa shape index (κ1) is 23.8. The van der Waals surface area contributed by atoms with E-state index in [9.17, 15) is 9.90 Å². The van der Waals surface area contributed by atoms with Crippen molar-refractivity contribution in [3.05, 3.63) is 119 Å². The second-order valence-corrected chi connectivity index (χ2v) is 9.42. The van der Waals surface area contributed by atoms with E-state index in [4.69, 9.17) is 4.74 Å². The molecule has 0 radical (unpaired) electrons. The van der Waals surface area contributed by atoms with Crippen molar-refractivity contribution in [3.8, 4) is 0 Å². The number of aliphatic hydroxyl groups excluding tert-OH is 1. The molecule has 3 nitrogen and oxygen atoms in total. The Hall–Kier alpha value is -3.33. The molecule has 0 aromatic heterocycles. The van der Waals surface area contributed by atoms with Crippen LogP contribution in [0.3, 0.4) is 0 Å². The molecule has 3 aromatic carbocycles. The van der Waals surface area contributed by atoms with E-state index in [1.807, 2.05) is 54.6 Å². The molecule has 0 saturated carbocycles. The van der Waals surface area contributed by atoms with Crippen LogP contribution in [0.5, 0.6) is 0 Å². The fraction of sp³-hybridized carbons (Fsp3) is 0.323. The molecule has 3 heteroatoms. The number of hydrogen-bond acceptors (Lipinski definition) is 3. The minimum atomic E-state index is -0.653. The Balaban J connectivity index is 1.61. The van der Waals surface area contributed by atoms with Gasteiger partial charge in [0.05, 0.1) is 5.57 Å². The number of esters is 1. The lowest BCUT2D eigenvalue weighted by Crippen LogP contribution is -2.42. The first-order chi connectivity index (χ1) is 16.6. The highest BCUT2D eigenvalue weighted by molar-refractivity contribution is 5.91. The zero-order valence-electron chi connectivity index (χ0n) is 20.0. The summed E-state index contributed by atoms with van der Waals surface area (Å²) in [5.41, 5.74) is 3.30. The topological polar surface area (TPSA) is 46.5 Å². The van der Waals surface area contributed by atoms with Crippen LogP contribution in [0.2, 0.25) is 0 Å². The predicted molar refractivity (Wildman–Crippen MR) is 137 cm³/mol. The van der Waals surface area contributed by atoms with Gasteiger partial charge in [0.15, 0.2) is 0 Å². The fourth-order valence-electron chi connectivity index (χ4n) is 5.16. The van der Waals surface area contributed by atoms with E-state index in [1.165, 1.54) is 5.56 Å². The van der Waals surface area contributed by atoms with Gasteiger partial charge in [-0.1, -0.05) is 104 Å². The normalized spacial score (nSPS) is 18.2. The van der Waals surface area contributed by atoms with Gasteiger partial charge in [-0.25, -0.2) is 4.79 Å². The Kier molecular flexibility index (Phi) is 7.84. The van der Waals surface area contributed by atoms with E-state index in [-0.39, 0.29) is 17.6 Å². The summed E-state index contributed by atoms with van der Waals surface area (Å²) >= 11 is 0. The largest absolute Gasteiger partial charge is 0.512 e. The Morgan fingerprint density at radius 2 is 1.29 bits per heavy atom. The summed E-state index contributed by atoms with van der Waals surface area (Å²) in [5, 5.41) is 11.3. The molecule has 176 valence electrons. The quantitative estimate of drug-likeness (QED) is 0.335. The van der Waals surface area contributed by atoms with Crippen molar-refractivity contribution < 1.29 is 14.6 Å². The minimum Gasteiger partial charge on any atom is -0.512 e. The maximum atomic E-state index is 13.5. The van der Waals surface area contributed by atoms with E-state index in [0.717, 1.165) is 30.4 Å². The van der Waals surface area contributed by atoms with Crippen LogP contribution >= 0.6 is 0 Å². The maximum Gasteiger partial charge on any atom is 0.338 e. The van der Waals surface area contributed by atoms with Crippen LogP contribution in [0, 0.1) is 5.92 Å². The summed E-state index contributed by atoms with van der Waals surface area (Å²) in [6.45, 7) is 2.10. The summed E-state index contributed by atoms with van der Waals surface area (Å²) < 4.78 is 6.22. The minimum absolute atomic E-state index is 0.147. The highest BCUT2D eigenvalue weighted by atomic mass is 16.6. The molecule has 4 rings (SSSR count). The zero-order valence-corrected chi connectivity index (χ0v) is 20.0. The third kappa shape index (κ3) is 5.96. The average molecular weight is 455 g/mol. The van der Waals surface area contributed by atoms with Gasteiger partial charge in [-0.2, -0.15) is 0 Å². The van der Waals surface area contributed by atoms with Gasteiger partial charge in [0.1, 0.15) is 11.4 Å². The molecule has 1 unspecified atom stereocenters. The number of carbonyl (C=O) groups is 1. The van der Waals surface area contributed by atoms with Crippen molar-refractivity contribution in [2.75, 3.05) is 0 Å². The highest BCUT2D eigenvalue weighted by Crippen LogP contribution is 2.40. The molecular weight excluding hydrogens is 420 g/mol. The van der Waals surface area contributed by atoms with Gasteiger partial charge in [-0.3, -0.25) is 0 Å². The van der Waals surface area contributed by atoms with E-state index in [2.05, 4.69) is 43.3 Å². The Morgan fingerprint density at radius 1 is 0.794 bits per heavy atom. The number of aliphatic hydroxyl groups is 1. The molecule has 0 aliphatic carbocycles. The van der Waals surface area contributed by atoms with Crippen molar-refractivity contribution in [2.45, 2.75) is 57.5 Å². The van der Waals surface area contributed by atoms with Crippen LogP contribution in [-0.2, 0) is 28.8 Å². The fourth-order valence-corrected chi connectivity index (χ4v) is 5.16. The number of carbonyl (C=O) groups excluding carboxylic acids is 1. The van der Waals surface area contributed by atoms with Crippen molar-refractivity contribution in [1.82, 2.24) is 0 Å². The molecule has 3 aromatic rings. The number of hydrogen-bond donors (Lipinski definition) is 1. The third-order valence-corrected chi connectivity index (χ3v) is 6.81. The van der Waals surface area contributed by atoms with Gasteiger partial charge in [0.25, 0.3) is 0 Å². The van der Waals surface area contributed by atoms with E-state index >= 15 is 0 Å². The molecular formula is C31H34O3. The SMILES string of the molecule is CCCC1(CCc2ccccc2)CC(O)=C(C(Cc2ccccc2)Cc2ccccc2)C(=O)O1. The van der Waals surface area contributed by atoms with Crippen molar-refractivity contribution in [1.29, 1.82) is 0 Å². The second-order valence-electron chi connectivity index (χ2n) is 9.42. The Labute approximate surface area is 203 Å². The van der Waals surface area contributed by atoms with E-state index in [1.54, 1.807) is 0 Å². The molecule has 1 heterocycles. The number of aryl methyl sites for hydroxylation is 1. The lowest BCUT2D eigenvalue weighted by molar-refractivity contribution is -0.161. The van der Waals surface area contributed by atoms with Crippen LogP contribution in [0.4, 0.5) is 0 Å². The monoisotopic (exact) mass is 454 g/mol. The Morgan fingerprint density at radius 3 is 1.76 bits per heavy atom. The molecule has 1 N–H and O–H groups in total. The van der Waals surface area contributed by atoms with Crippen LogP contribution < -0.4 is 0 Å². The molecule has 0 saturated heterocycles. The number of cyclic esters (lactones) is 1. The van der Waals surface area contributed by atoms with Gasteiger partial charge in [0, 0.05) is 12.3 Å². The Bertz CT molecular complexity index is 1050. The number of rotatable bonds is 10. The van der Waals surface area contributed by atoms with E-state index in [0.29, 0.717) is 31.3 Å². The lowest BCUT2D eigenvalue weighted by Gasteiger charge is -2.39. The van der Waals surface area contributed by atoms with Crippen LogP contribution in [0.15, 0.2) is 102 Å². The first-order valence-electron chi connectivity index (χ1n) is 12.4. The molecule has 1 aliphatic rings. The van der Waals surface area contributed by atoms with Crippen molar-refractivity contribution in [3.63, 3.8) is 0 Å². The smallest absolute Gasteiger partial charge is 0.338 e. The number of ether oxygens (including phenoxy) is 1. The average Bonchev–Trinajstić information content (AvgIpc) is 2.84. The molecule has 0 fully saturated rings. The summed E-state index contributed by atoms with van der Waals surface area (Å²) in [6.07, 6.45) is 4.89. The molecule has 1 aliphatic heterocycles. The van der Waals surface area contributed by atoms with Crippen molar-refractivity contribution in [2.24, 2.45) is 5.92 Å². The van der Waals surface area contributed by atoms with Crippen molar-refractivity contribution >= 4 is 5.97 Å². The van der Waals surface area contributed by atoms with Gasteiger partial charge >= 0.3 is 5.97 Å².